The molecule has 49 heavy (non-hydrogen) atoms. The van der Waals surface area contributed by atoms with E-state index in [1.54, 1.807) is 79.4 Å². The van der Waals surface area contributed by atoms with Crippen molar-refractivity contribution >= 4 is 28.6 Å². The number of nitrogens with zero attached hydrogens (tertiary/aromatic N) is 1. The van der Waals surface area contributed by atoms with E-state index in [2.05, 4.69) is 10.6 Å². The number of alkyl halides is 3. The Balaban J connectivity index is 1.88. The molecule has 2 aromatic carbocycles. The maximum absolute atomic E-state index is 15.1. The van der Waals surface area contributed by atoms with Gasteiger partial charge in [0.05, 0.1) is 19.6 Å². The molecule has 4 N–H and O–H groups in total. The number of nitrogens with one attached hydrogen (secondary N) is 2. The molecule has 1 aliphatic heterocycles. The second-order valence-corrected chi connectivity index (χ2v) is 11.4. The first-order valence-corrected chi connectivity index (χ1v) is 16.7. The highest BCUT2D eigenvalue weighted by molar-refractivity contribution is 6.00. The monoisotopic (exact) mass is 680 g/mol. The zero-order chi connectivity index (χ0) is 35.6. The number of carbonyl (C=O) groups is 1. The van der Waals surface area contributed by atoms with Crippen LogP contribution in [-0.2, 0) is 9.53 Å². The first-order valence-electron chi connectivity index (χ1n) is 16.7. The van der Waals surface area contributed by atoms with Crippen LogP contribution in [-0.4, -0.2) is 62.9 Å². The molecule has 0 bridgehead atoms. The number of ether oxygens (including phenoxy) is 1. The molecule has 0 spiro atoms. The molecule has 264 valence electrons. The van der Waals surface area contributed by atoms with E-state index in [0.717, 1.165) is 12.1 Å². The normalized spacial score (nSPS) is 15.7. The number of halogens is 4. The molecule has 1 amide bonds. The van der Waals surface area contributed by atoms with Crippen molar-refractivity contribution in [1.82, 2.24) is 15.5 Å². The molecular formula is C39H48F4N4O2. The lowest BCUT2D eigenvalue weighted by Gasteiger charge is -2.25. The quantitative estimate of drug-likeness (QED) is 0.0416. The summed E-state index contributed by atoms with van der Waals surface area (Å²) in [6, 6.07) is 13.1. The van der Waals surface area contributed by atoms with Crippen molar-refractivity contribution in [3.05, 3.63) is 119 Å². The number of carbonyl (C=O) groups excluding carboxylic acids is 1. The summed E-state index contributed by atoms with van der Waals surface area (Å²) in [6.45, 7) is 9.57. The van der Waals surface area contributed by atoms with Gasteiger partial charge in [-0.2, -0.15) is 13.2 Å². The molecule has 6 nitrogen and oxygen atoms in total. The number of morpholine rings is 1. The molecule has 1 fully saturated rings. The van der Waals surface area contributed by atoms with Gasteiger partial charge in [-0.3, -0.25) is 4.79 Å². The van der Waals surface area contributed by atoms with Crippen LogP contribution in [0.3, 0.4) is 0 Å². The van der Waals surface area contributed by atoms with Gasteiger partial charge in [0.1, 0.15) is 5.83 Å². The molecule has 0 atom stereocenters. The van der Waals surface area contributed by atoms with E-state index < -0.39 is 18.4 Å². The summed E-state index contributed by atoms with van der Waals surface area (Å²) in [7, 11) is 0. The third kappa shape index (κ3) is 12.9. The highest BCUT2D eigenvalue weighted by Gasteiger charge is 2.32. The van der Waals surface area contributed by atoms with Crippen LogP contribution in [0.1, 0.15) is 56.7 Å². The lowest BCUT2D eigenvalue weighted by atomic mass is 9.86. The molecule has 1 heterocycles. The molecule has 2 aromatic rings. The number of nitrogen functional groups attached to an aromatic ring is 1. The second-order valence-electron chi connectivity index (χ2n) is 11.4. The SMILES string of the molecule is C/C=C(\C=C/C(=C/CC)NCCNC/C=C/C(=O)N1CCOCC1)C(=C(/CC(F)(F)F)c1ccccc1)/c1ccc(N)c(/C(F)=C/CC)c1. The molecule has 0 unspecified atom stereocenters. The van der Waals surface area contributed by atoms with Gasteiger partial charge >= 0.3 is 6.18 Å². The highest BCUT2D eigenvalue weighted by Crippen LogP contribution is 2.41. The summed E-state index contributed by atoms with van der Waals surface area (Å²) in [5, 5.41) is 6.65. The lowest BCUT2D eigenvalue weighted by Crippen LogP contribution is -2.39. The third-order valence-electron chi connectivity index (χ3n) is 7.73. The molecular weight excluding hydrogens is 632 g/mol. The van der Waals surface area contributed by atoms with Crippen LogP contribution in [0.2, 0.25) is 0 Å². The molecule has 1 saturated heterocycles. The lowest BCUT2D eigenvalue weighted by molar-refractivity contribution is -0.130. The van der Waals surface area contributed by atoms with Crippen molar-refractivity contribution in [2.24, 2.45) is 0 Å². The summed E-state index contributed by atoms with van der Waals surface area (Å²) in [5.74, 6) is -0.556. The Bertz CT molecular complexity index is 1550. The van der Waals surface area contributed by atoms with E-state index in [-0.39, 0.29) is 22.7 Å². The molecule has 3 rings (SSSR count). The number of hydrogen-bond acceptors (Lipinski definition) is 5. The Labute approximate surface area is 287 Å². The van der Waals surface area contributed by atoms with Gasteiger partial charge in [0.25, 0.3) is 0 Å². The van der Waals surface area contributed by atoms with Crippen LogP contribution in [0.5, 0.6) is 0 Å². The Morgan fingerprint density at radius 3 is 2.33 bits per heavy atom. The predicted octanol–water partition coefficient (Wildman–Crippen LogP) is 8.24. The van der Waals surface area contributed by atoms with Crippen molar-refractivity contribution in [1.29, 1.82) is 0 Å². The largest absolute Gasteiger partial charge is 0.398 e. The Morgan fingerprint density at radius 1 is 0.959 bits per heavy atom. The van der Waals surface area contributed by atoms with E-state index in [4.69, 9.17) is 10.5 Å². The van der Waals surface area contributed by atoms with E-state index >= 15 is 4.39 Å². The molecule has 0 radical (unpaired) electrons. The van der Waals surface area contributed by atoms with E-state index in [1.165, 1.54) is 18.2 Å². The van der Waals surface area contributed by atoms with Crippen LogP contribution in [0.15, 0.2) is 102 Å². The van der Waals surface area contributed by atoms with Crippen molar-refractivity contribution in [3.8, 4) is 0 Å². The third-order valence-corrected chi connectivity index (χ3v) is 7.73. The Hall–Kier alpha value is -4.41. The van der Waals surface area contributed by atoms with E-state index in [1.807, 2.05) is 19.1 Å². The van der Waals surface area contributed by atoms with Gasteiger partial charge in [-0.25, -0.2) is 4.39 Å². The number of nitrogens with two attached hydrogens (primary N) is 1. The topological polar surface area (TPSA) is 79.6 Å². The summed E-state index contributed by atoms with van der Waals surface area (Å²) in [5.41, 5.74) is 9.04. The van der Waals surface area contributed by atoms with Crippen LogP contribution in [0.25, 0.3) is 17.0 Å². The fourth-order valence-corrected chi connectivity index (χ4v) is 5.35. The molecule has 0 saturated carbocycles. The fraction of sp³-hybridized carbons (Fsp3) is 0.359. The molecule has 10 heteroatoms. The summed E-state index contributed by atoms with van der Waals surface area (Å²) >= 11 is 0. The van der Waals surface area contributed by atoms with Gasteiger partial charge in [-0.1, -0.05) is 74.5 Å². The predicted molar refractivity (Wildman–Crippen MR) is 193 cm³/mol. The number of benzene rings is 2. The second kappa shape index (κ2) is 20.2. The Kier molecular flexibility index (Phi) is 16.1. The maximum Gasteiger partial charge on any atom is 0.393 e. The first-order chi connectivity index (χ1) is 23.6. The van der Waals surface area contributed by atoms with Crippen LogP contribution < -0.4 is 16.4 Å². The van der Waals surface area contributed by atoms with Crippen molar-refractivity contribution in [2.45, 2.75) is 46.2 Å². The van der Waals surface area contributed by atoms with Gasteiger partial charge in [0.2, 0.25) is 5.91 Å². The van der Waals surface area contributed by atoms with E-state index in [9.17, 15) is 18.0 Å². The number of rotatable bonds is 16. The average molecular weight is 681 g/mol. The van der Waals surface area contributed by atoms with Gasteiger partial charge < -0.3 is 26.0 Å². The minimum Gasteiger partial charge on any atom is -0.398 e. The first kappa shape index (κ1) is 39.0. The smallest absolute Gasteiger partial charge is 0.393 e. The standard InChI is InChI=1S/C39H48F4N4O2/c1-4-11-32(46-22-21-45-20-10-15-37(48)47-23-25-49-26-24-47)18-16-29(6-3)38(31-17-19-36(44)33(27-31)35(40)12-5-2)34(28-39(41,42)43)30-13-8-7-9-14-30/h6-19,27,45-46H,4-5,20-26,28,44H2,1-3H3/b15-10+,18-16-,29-6+,32-11-,35-12-,38-34+. The van der Waals surface area contributed by atoms with Gasteiger partial charge in [0, 0.05) is 55.7 Å². The molecule has 1 aliphatic rings. The van der Waals surface area contributed by atoms with Crippen molar-refractivity contribution in [3.63, 3.8) is 0 Å². The number of allylic oxidation sites excluding steroid dienone is 8. The number of hydrogen-bond donors (Lipinski definition) is 3. The number of anilines is 1. The van der Waals surface area contributed by atoms with Gasteiger partial charge in [0.15, 0.2) is 0 Å². The minimum absolute atomic E-state index is 0.0295. The van der Waals surface area contributed by atoms with Gasteiger partial charge in [-0.05, 0) is 71.9 Å². The van der Waals surface area contributed by atoms with Crippen LogP contribution >= 0.6 is 0 Å². The summed E-state index contributed by atoms with van der Waals surface area (Å²) in [6.07, 6.45) is 7.62. The zero-order valence-electron chi connectivity index (χ0n) is 28.6. The fourth-order valence-electron chi connectivity index (χ4n) is 5.35. The van der Waals surface area contributed by atoms with Crippen molar-refractivity contribution < 1.29 is 27.1 Å². The van der Waals surface area contributed by atoms with E-state index in [0.29, 0.717) is 74.6 Å². The van der Waals surface area contributed by atoms with Crippen LogP contribution in [0.4, 0.5) is 23.2 Å². The van der Waals surface area contributed by atoms with Crippen molar-refractivity contribution in [2.75, 3.05) is 51.7 Å². The maximum atomic E-state index is 15.1. The average Bonchev–Trinajstić information content (AvgIpc) is 3.09. The molecule has 0 aliphatic carbocycles. The van der Waals surface area contributed by atoms with Crippen LogP contribution in [0, 0.1) is 0 Å². The molecule has 0 aromatic heterocycles. The minimum atomic E-state index is -4.50. The summed E-state index contributed by atoms with van der Waals surface area (Å²) < 4.78 is 62.9. The highest BCUT2D eigenvalue weighted by atomic mass is 19.4. The van der Waals surface area contributed by atoms with Gasteiger partial charge in [-0.15, -0.1) is 0 Å². The Morgan fingerprint density at radius 2 is 1.67 bits per heavy atom. The number of amides is 1. The summed E-state index contributed by atoms with van der Waals surface area (Å²) in [4.78, 5) is 14.0. The zero-order valence-corrected chi connectivity index (χ0v) is 28.6.